The highest BCUT2D eigenvalue weighted by Crippen LogP contribution is 2.19. The number of hydrogen-bond donors (Lipinski definition) is 3. The first-order valence-corrected chi connectivity index (χ1v) is 9.28. The van der Waals surface area contributed by atoms with Gasteiger partial charge in [-0.1, -0.05) is 6.07 Å². The van der Waals surface area contributed by atoms with Gasteiger partial charge < -0.3 is 15.5 Å². The molecule has 0 bridgehead atoms. The molecule has 0 spiro atoms. The number of nitrogens with one attached hydrogen (secondary N) is 2. The minimum atomic E-state index is -3.84. The van der Waals surface area contributed by atoms with E-state index < -0.39 is 16.1 Å². The van der Waals surface area contributed by atoms with Crippen molar-refractivity contribution in [1.29, 1.82) is 0 Å². The van der Waals surface area contributed by atoms with Gasteiger partial charge in [0, 0.05) is 31.7 Å². The zero-order valence-corrected chi connectivity index (χ0v) is 14.4. The number of hydrogen-bond acceptors (Lipinski definition) is 4. The van der Waals surface area contributed by atoms with E-state index in [0.717, 1.165) is 25.9 Å². The van der Waals surface area contributed by atoms with Crippen LogP contribution in [0, 0.1) is 6.92 Å². The number of carbonyl (C=O) groups excluding carboxylic acids is 2. The monoisotopic (exact) mass is 354 g/mol. The topological polar surface area (TPSA) is 122 Å². The molecule has 132 valence electrons. The molecular weight excluding hydrogens is 332 g/mol. The third-order valence-electron chi connectivity index (χ3n) is 3.87. The lowest BCUT2D eigenvalue weighted by Gasteiger charge is -2.15. The van der Waals surface area contributed by atoms with Gasteiger partial charge in [-0.15, -0.1) is 0 Å². The average Bonchev–Trinajstić information content (AvgIpc) is 3.02. The predicted octanol–water partition coefficient (Wildman–Crippen LogP) is 0.776. The number of likely N-dealkylation sites (tertiary alicyclic amines) is 1. The second-order valence-electron chi connectivity index (χ2n) is 5.74. The van der Waals surface area contributed by atoms with Crippen molar-refractivity contribution in [1.82, 2.24) is 10.2 Å². The highest BCUT2D eigenvalue weighted by atomic mass is 32.2. The molecule has 3 amide bonds. The Morgan fingerprint density at radius 1 is 1.25 bits per heavy atom. The zero-order valence-electron chi connectivity index (χ0n) is 13.5. The summed E-state index contributed by atoms with van der Waals surface area (Å²) in [6, 6.07) is 3.74. The molecule has 24 heavy (non-hydrogen) atoms. The van der Waals surface area contributed by atoms with Crippen LogP contribution in [0.3, 0.4) is 0 Å². The molecule has 0 aliphatic carbocycles. The molecule has 0 atom stereocenters. The van der Waals surface area contributed by atoms with Crippen LogP contribution in [0.4, 0.5) is 10.5 Å². The number of nitrogens with two attached hydrogens (primary N) is 1. The number of benzene rings is 1. The first kappa shape index (κ1) is 18.2. The molecule has 1 aromatic carbocycles. The van der Waals surface area contributed by atoms with Gasteiger partial charge in [-0.3, -0.25) is 4.79 Å². The highest BCUT2D eigenvalue weighted by molar-refractivity contribution is 7.89. The number of nitrogens with zero attached hydrogens (tertiary/aromatic N) is 1. The maximum Gasteiger partial charge on any atom is 0.319 e. The Balaban J connectivity index is 1.87. The van der Waals surface area contributed by atoms with E-state index in [0.29, 0.717) is 11.3 Å². The standard InChI is InChI=1S/C15H22N4O4S/c1-11-4-5-12(24(16,22)23)10-13(11)18-15(21)17-7-6-14(20)19-8-2-3-9-19/h4-5,10H,2-3,6-9H2,1H3,(H2,16,22,23)(H2,17,18,21). The summed E-state index contributed by atoms with van der Waals surface area (Å²) in [6.45, 7) is 3.52. The summed E-state index contributed by atoms with van der Waals surface area (Å²) in [7, 11) is -3.84. The molecule has 1 aliphatic rings. The van der Waals surface area contributed by atoms with Crippen LogP contribution < -0.4 is 15.8 Å². The van der Waals surface area contributed by atoms with Gasteiger partial charge in [0.25, 0.3) is 0 Å². The summed E-state index contributed by atoms with van der Waals surface area (Å²) < 4.78 is 22.7. The number of amides is 3. The minimum absolute atomic E-state index is 0.0280. The second-order valence-corrected chi connectivity index (χ2v) is 7.30. The average molecular weight is 354 g/mol. The van der Waals surface area contributed by atoms with Crippen LogP contribution >= 0.6 is 0 Å². The third kappa shape index (κ3) is 4.93. The Morgan fingerprint density at radius 2 is 1.92 bits per heavy atom. The molecule has 8 nitrogen and oxygen atoms in total. The molecule has 1 fully saturated rings. The van der Waals surface area contributed by atoms with Gasteiger partial charge in [-0.25, -0.2) is 18.4 Å². The molecule has 0 saturated carbocycles. The van der Waals surface area contributed by atoms with E-state index in [1.807, 2.05) is 0 Å². The second kappa shape index (κ2) is 7.63. The SMILES string of the molecule is Cc1ccc(S(N)(=O)=O)cc1NC(=O)NCCC(=O)N1CCCC1. The summed E-state index contributed by atoms with van der Waals surface area (Å²) in [5.74, 6) is 0.0280. The predicted molar refractivity (Wildman–Crippen MR) is 90.0 cm³/mol. The zero-order chi connectivity index (χ0) is 17.7. The molecule has 9 heteroatoms. The molecule has 1 aromatic rings. The lowest BCUT2D eigenvalue weighted by atomic mass is 10.2. The lowest BCUT2D eigenvalue weighted by molar-refractivity contribution is -0.129. The largest absolute Gasteiger partial charge is 0.343 e. The van der Waals surface area contributed by atoms with E-state index in [1.54, 1.807) is 17.9 Å². The van der Waals surface area contributed by atoms with Crippen LogP contribution in [-0.2, 0) is 14.8 Å². The van der Waals surface area contributed by atoms with E-state index in [-0.39, 0.29) is 23.8 Å². The van der Waals surface area contributed by atoms with Crippen molar-refractivity contribution in [3.63, 3.8) is 0 Å². The number of rotatable bonds is 5. The van der Waals surface area contributed by atoms with Gasteiger partial charge in [0.15, 0.2) is 0 Å². The van der Waals surface area contributed by atoms with Gasteiger partial charge in [0.2, 0.25) is 15.9 Å². The number of sulfonamides is 1. The molecule has 1 saturated heterocycles. The first-order chi connectivity index (χ1) is 11.3. The maximum atomic E-state index is 11.9. The van der Waals surface area contributed by atoms with Crippen molar-refractivity contribution in [2.24, 2.45) is 5.14 Å². The smallest absolute Gasteiger partial charge is 0.319 e. The Kier molecular flexibility index (Phi) is 5.79. The van der Waals surface area contributed by atoms with E-state index in [2.05, 4.69) is 10.6 Å². The molecule has 0 aromatic heterocycles. The first-order valence-electron chi connectivity index (χ1n) is 7.73. The van der Waals surface area contributed by atoms with Gasteiger partial charge in [-0.2, -0.15) is 0 Å². The summed E-state index contributed by atoms with van der Waals surface area (Å²) in [6.07, 6.45) is 2.29. The lowest BCUT2D eigenvalue weighted by Crippen LogP contribution is -2.34. The number of anilines is 1. The van der Waals surface area contributed by atoms with Gasteiger partial charge in [0.1, 0.15) is 0 Å². The fourth-order valence-electron chi connectivity index (χ4n) is 2.49. The Labute approximate surface area is 141 Å². The highest BCUT2D eigenvalue weighted by Gasteiger charge is 2.17. The van der Waals surface area contributed by atoms with Crippen LogP contribution in [-0.4, -0.2) is 44.9 Å². The quantitative estimate of drug-likeness (QED) is 0.723. The van der Waals surface area contributed by atoms with E-state index >= 15 is 0 Å². The number of primary sulfonamides is 1. The summed E-state index contributed by atoms with van der Waals surface area (Å²) in [5.41, 5.74) is 1.05. The molecule has 2 rings (SSSR count). The summed E-state index contributed by atoms with van der Waals surface area (Å²) in [4.78, 5) is 25.5. The molecule has 1 aliphatic heterocycles. The minimum Gasteiger partial charge on any atom is -0.343 e. The molecule has 0 radical (unpaired) electrons. The van der Waals surface area contributed by atoms with E-state index in [4.69, 9.17) is 5.14 Å². The van der Waals surface area contributed by atoms with Crippen LogP contribution in [0.2, 0.25) is 0 Å². The fraction of sp³-hybridized carbons (Fsp3) is 0.467. The molecule has 4 N–H and O–H groups in total. The van der Waals surface area contributed by atoms with Crippen molar-refractivity contribution in [2.45, 2.75) is 31.1 Å². The third-order valence-corrected chi connectivity index (χ3v) is 4.78. The maximum absolute atomic E-state index is 11.9. The van der Waals surface area contributed by atoms with Crippen LogP contribution in [0.15, 0.2) is 23.1 Å². The molecule has 1 heterocycles. The van der Waals surface area contributed by atoms with Gasteiger partial charge in [-0.05, 0) is 37.5 Å². The van der Waals surface area contributed by atoms with E-state index in [9.17, 15) is 18.0 Å². The Morgan fingerprint density at radius 3 is 2.54 bits per heavy atom. The number of carbonyl (C=O) groups is 2. The normalized spacial score (nSPS) is 14.5. The van der Waals surface area contributed by atoms with Crippen molar-refractivity contribution in [3.05, 3.63) is 23.8 Å². The van der Waals surface area contributed by atoms with Gasteiger partial charge >= 0.3 is 6.03 Å². The molecule has 0 unspecified atom stereocenters. The Bertz CT molecular complexity index is 727. The fourth-order valence-corrected chi connectivity index (χ4v) is 3.03. The summed E-state index contributed by atoms with van der Waals surface area (Å²) in [5, 5.41) is 10.2. The van der Waals surface area contributed by atoms with Crippen molar-refractivity contribution in [3.8, 4) is 0 Å². The summed E-state index contributed by atoms with van der Waals surface area (Å²) >= 11 is 0. The van der Waals surface area contributed by atoms with Crippen molar-refractivity contribution < 1.29 is 18.0 Å². The van der Waals surface area contributed by atoms with E-state index in [1.165, 1.54) is 12.1 Å². The van der Waals surface area contributed by atoms with Crippen LogP contribution in [0.5, 0.6) is 0 Å². The van der Waals surface area contributed by atoms with Crippen LogP contribution in [0.1, 0.15) is 24.8 Å². The number of urea groups is 1. The number of aryl methyl sites for hydroxylation is 1. The molecular formula is C15H22N4O4S. The van der Waals surface area contributed by atoms with Crippen molar-refractivity contribution in [2.75, 3.05) is 25.0 Å². The Hall–Kier alpha value is -2.13. The van der Waals surface area contributed by atoms with Gasteiger partial charge in [0.05, 0.1) is 4.90 Å². The van der Waals surface area contributed by atoms with Crippen molar-refractivity contribution >= 4 is 27.6 Å². The van der Waals surface area contributed by atoms with Crippen LogP contribution in [0.25, 0.3) is 0 Å².